The average Bonchev–Trinajstić information content (AvgIpc) is 2.54. The van der Waals surface area contributed by atoms with Gasteiger partial charge in [-0.1, -0.05) is 19.9 Å². The third kappa shape index (κ3) is 2.78. The summed E-state index contributed by atoms with van der Waals surface area (Å²) in [4.78, 5) is 3.28. The van der Waals surface area contributed by atoms with E-state index in [1.54, 1.807) is 0 Å². The number of hydrogen-bond acceptors (Lipinski definition) is 1. The first-order valence-corrected chi connectivity index (χ1v) is 6.68. The molecular formula is C14H20N2S. The lowest BCUT2D eigenvalue weighted by Crippen LogP contribution is -1.99. The fourth-order valence-electron chi connectivity index (χ4n) is 2.16. The molecule has 0 spiro atoms. The molecule has 0 saturated carbocycles. The standard InChI is InChI=1S/C14H20N2S/c1-10(2)5-4-8-16-13-7-6-11(3)9-12(13)15-14(16)17/h6-7,9-10H,4-5,8H2,1-3H3,(H,15,17). The Labute approximate surface area is 108 Å². The van der Waals surface area contributed by atoms with Crippen LogP contribution in [0.25, 0.3) is 11.0 Å². The van der Waals surface area contributed by atoms with Crippen LogP contribution in [-0.4, -0.2) is 9.55 Å². The molecule has 92 valence electrons. The van der Waals surface area contributed by atoms with Gasteiger partial charge in [0.2, 0.25) is 0 Å². The van der Waals surface area contributed by atoms with Gasteiger partial charge in [0.1, 0.15) is 0 Å². The summed E-state index contributed by atoms with van der Waals surface area (Å²) in [5.74, 6) is 0.761. The molecule has 0 radical (unpaired) electrons. The lowest BCUT2D eigenvalue weighted by Gasteiger charge is -2.06. The number of imidazole rings is 1. The van der Waals surface area contributed by atoms with Crippen LogP contribution < -0.4 is 0 Å². The van der Waals surface area contributed by atoms with Crippen LogP contribution in [0.1, 0.15) is 32.3 Å². The molecule has 2 rings (SSSR count). The van der Waals surface area contributed by atoms with Gasteiger partial charge in [-0.05, 0) is 55.6 Å². The van der Waals surface area contributed by atoms with E-state index < -0.39 is 0 Å². The van der Waals surface area contributed by atoms with E-state index in [4.69, 9.17) is 12.2 Å². The Hall–Kier alpha value is -1.09. The van der Waals surface area contributed by atoms with Gasteiger partial charge >= 0.3 is 0 Å². The normalized spacial score (nSPS) is 11.5. The SMILES string of the molecule is Cc1ccc2c(c1)[nH]c(=S)n2CCCC(C)C. The number of aromatic nitrogens is 2. The van der Waals surface area contributed by atoms with Crippen molar-refractivity contribution in [2.45, 2.75) is 40.2 Å². The number of fused-ring (bicyclic) bond motifs is 1. The van der Waals surface area contributed by atoms with Crippen LogP contribution in [0.2, 0.25) is 0 Å². The van der Waals surface area contributed by atoms with Crippen LogP contribution in [-0.2, 0) is 6.54 Å². The first kappa shape index (κ1) is 12.4. The summed E-state index contributed by atoms with van der Waals surface area (Å²) >= 11 is 5.38. The summed E-state index contributed by atoms with van der Waals surface area (Å²) < 4.78 is 3.06. The first-order chi connectivity index (χ1) is 8.08. The zero-order valence-corrected chi connectivity index (χ0v) is 11.6. The van der Waals surface area contributed by atoms with E-state index in [1.807, 2.05) is 0 Å². The molecule has 0 aliphatic carbocycles. The highest BCUT2D eigenvalue weighted by Crippen LogP contribution is 2.17. The fraction of sp³-hybridized carbons (Fsp3) is 0.500. The summed E-state index contributed by atoms with van der Waals surface area (Å²) in [6.45, 7) is 7.64. The van der Waals surface area contributed by atoms with Crippen LogP contribution in [0.4, 0.5) is 0 Å². The van der Waals surface area contributed by atoms with Gasteiger partial charge in [0.15, 0.2) is 4.77 Å². The van der Waals surface area contributed by atoms with Crippen molar-refractivity contribution in [2.75, 3.05) is 0 Å². The molecule has 0 saturated heterocycles. The number of hydrogen-bond donors (Lipinski definition) is 1. The zero-order chi connectivity index (χ0) is 12.4. The highest BCUT2D eigenvalue weighted by atomic mass is 32.1. The molecule has 2 nitrogen and oxygen atoms in total. The highest BCUT2D eigenvalue weighted by molar-refractivity contribution is 7.71. The van der Waals surface area contributed by atoms with E-state index in [1.165, 1.54) is 23.9 Å². The minimum atomic E-state index is 0.761. The van der Waals surface area contributed by atoms with Crippen molar-refractivity contribution >= 4 is 23.3 Å². The number of nitrogens with one attached hydrogen (secondary N) is 1. The number of nitrogens with zero attached hydrogens (tertiary/aromatic N) is 1. The van der Waals surface area contributed by atoms with Gasteiger partial charge in [-0.15, -0.1) is 0 Å². The Morgan fingerprint density at radius 2 is 2.12 bits per heavy atom. The van der Waals surface area contributed by atoms with E-state index in [9.17, 15) is 0 Å². The topological polar surface area (TPSA) is 20.7 Å². The monoisotopic (exact) mass is 248 g/mol. The summed E-state index contributed by atoms with van der Waals surface area (Å²) in [6.07, 6.45) is 2.44. The molecule has 0 aliphatic rings. The maximum atomic E-state index is 5.38. The van der Waals surface area contributed by atoms with Crippen molar-refractivity contribution in [3.8, 4) is 0 Å². The second-order valence-electron chi connectivity index (χ2n) is 5.14. The van der Waals surface area contributed by atoms with E-state index in [2.05, 4.69) is 48.5 Å². The number of aromatic amines is 1. The second kappa shape index (κ2) is 5.05. The minimum absolute atomic E-state index is 0.761. The van der Waals surface area contributed by atoms with Crippen LogP contribution in [0.15, 0.2) is 18.2 Å². The van der Waals surface area contributed by atoms with Crippen LogP contribution in [0.3, 0.4) is 0 Å². The summed E-state index contributed by atoms with van der Waals surface area (Å²) in [5, 5.41) is 0. The van der Waals surface area contributed by atoms with Gasteiger partial charge in [-0.3, -0.25) is 0 Å². The molecule has 0 bridgehead atoms. The van der Waals surface area contributed by atoms with Gasteiger partial charge in [-0.2, -0.15) is 0 Å². The summed E-state index contributed by atoms with van der Waals surface area (Å²) in [6, 6.07) is 6.46. The van der Waals surface area contributed by atoms with Crippen LogP contribution in [0, 0.1) is 17.6 Å². The van der Waals surface area contributed by atoms with Crippen LogP contribution in [0.5, 0.6) is 0 Å². The molecular weight excluding hydrogens is 228 g/mol. The van der Waals surface area contributed by atoms with Crippen molar-refractivity contribution < 1.29 is 0 Å². The second-order valence-corrected chi connectivity index (χ2v) is 5.53. The summed E-state index contributed by atoms with van der Waals surface area (Å²) in [7, 11) is 0. The van der Waals surface area contributed by atoms with E-state index in [-0.39, 0.29) is 0 Å². The number of rotatable bonds is 4. The number of H-pyrrole nitrogens is 1. The maximum Gasteiger partial charge on any atom is 0.178 e. The Balaban J connectivity index is 2.27. The van der Waals surface area contributed by atoms with Gasteiger partial charge in [0.25, 0.3) is 0 Å². The van der Waals surface area contributed by atoms with Crippen molar-refractivity contribution in [1.82, 2.24) is 9.55 Å². The molecule has 2 aromatic rings. The molecule has 0 amide bonds. The quantitative estimate of drug-likeness (QED) is 0.793. The molecule has 0 unspecified atom stereocenters. The molecule has 1 heterocycles. The van der Waals surface area contributed by atoms with Crippen molar-refractivity contribution in [3.63, 3.8) is 0 Å². The molecule has 3 heteroatoms. The Kier molecular flexibility index (Phi) is 3.67. The van der Waals surface area contributed by atoms with E-state index >= 15 is 0 Å². The number of aryl methyl sites for hydroxylation is 2. The fourth-order valence-corrected chi connectivity index (χ4v) is 2.46. The maximum absolute atomic E-state index is 5.38. The molecule has 1 aromatic carbocycles. The van der Waals surface area contributed by atoms with Gasteiger partial charge in [0, 0.05) is 6.54 Å². The third-order valence-electron chi connectivity index (χ3n) is 3.09. The van der Waals surface area contributed by atoms with Gasteiger partial charge < -0.3 is 9.55 Å². The number of benzene rings is 1. The molecule has 1 N–H and O–H groups in total. The van der Waals surface area contributed by atoms with Crippen molar-refractivity contribution in [3.05, 3.63) is 28.5 Å². The van der Waals surface area contributed by atoms with Crippen molar-refractivity contribution in [2.24, 2.45) is 5.92 Å². The molecule has 17 heavy (non-hydrogen) atoms. The van der Waals surface area contributed by atoms with Gasteiger partial charge in [0.05, 0.1) is 11.0 Å². The smallest absolute Gasteiger partial charge is 0.178 e. The predicted octanol–water partition coefficient (Wildman–Crippen LogP) is 4.44. The Morgan fingerprint density at radius 1 is 1.35 bits per heavy atom. The third-order valence-corrected chi connectivity index (χ3v) is 3.42. The predicted molar refractivity (Wildman–Crippen MR) is 75.9 cm³/mol. The highest BCUT2D eigenvalue weighted by Gasteiger charge is 2.04. The van der Waals surface area contributed by atoms with Crippen molar-refractivity contribution in [1.29, 1.82) is 0 Å². The molecule has 0 aliphatic heterocycles. The lowest BCUT2D eigenvalue weighted by molar-refractivity contribution is 0.515. The van der Waals surface area contributed by atoms with E-state index in [0.717, 1.165) is 22.8 Å². The zero-order valence-electron chi connectivity index (χ0n) is 10.8. The van der Waals surface area contributed by atoms with Gasteiger partial charge in [-0.25, -0.2) is 0 Å². The average molecular weight is 248 g/mol. The van der Waals surface area contributed by atoms with E-state index in [0.29, 0.717) is 0 Å². The molecule has 1 aromatic heterocycles. The Morgan fingerprint density at radius 3 is 2.82 bits per heavy atom. The molecule has 0 fully saturated rings. The lowest BCUT2D eigenvalue weighted by atomic mass is 10.1. The minimum Gasteiger partial charge on any atom is -0.331 e. The summed E-state index contributed by atoms with van der Waals surface area (Å²) in [5.41, 5.74) is 3.65. The first-order valence-electron chi connectivity index (χ1n) is 6.27. The Bertz CT molecular complexity index is 563. The molecule has 0 atom stereocenters. The van der Waals surface area contributed by atoms with Crippen LogP contribution >= 0.6 is 12.2 Å². The largest absolute Gasteiger partial charge is 0.331 e.